The van der Waals surface area contributed by atoms with Crippen LogP contribution in [0.3, 0.4) is 0 Å². The summed E-state index contributed by atoms with van der Waals surface area (Å²) in [6, 6.07) is 4.60. The molecule has 7 nitrogen and oxygen atoms in total. The number of piperidine rings is 1. The van der Waals surface area contributed by atoms with Crippen LogP contribution in [0.15, 0.2) is 12.1 Å². The topological polar surface area (TPSA) is 69.3 Å². The van der Waals surface area contributed by atoms with E-state index in [-0.39, 0.29) is 5.97 Å². The van der Waals surface area contributed by atoms with E-state index in [2.05, 4.69) is 36.2 Å². The van der Waals surface area contributed by atoms with Gasteiger partial charge < -0.3 is 24.3 Å². The van der Waals surface area contributed by atoms with Crippen molar-refractivity contribution >= 4 is 5.97 Å². The Hall–Kier alpha value is -1.83. The number of nitrogens with one attached hydrogen (secondary N) is 1. The first-order valence-electron chi connectivity index (χ1n) is 12.0. The number of rotatable bonds is 7. The highest BCUT2D eigenvalue weighted by atomic mass is 16.6. The van der Waals surface area contributed by atoms with E-state index in [1.165, 1.54) is 11.1 Å². The molecular formula is C25H38N2O5. The number of morpholine rings is 1. The molecule has 1 N–H and O–H groups in total. The average Bonchev–Trinajstić information content (AvgIpc) is 2.81. The summed E-state index contributed by atoms with van der Waals surface area (Å²) in [5, 5.41) is 3.20. The quantitative estimate of drug-likeness (QED) is 0.646. The van der Waals surface area contributed by atoms with E-state index >= 15 is 0 Å². The van der Waals surface area contributed by atoms with Crippen LogP contribution in [0.25, 0.3) is 0 Å². The van der Waals surface area contributed by atoms with Crippen LogP contribution < -0.4 is 14.8 Å². The number of methoxy groups -OCH3 is 2. The fraction of sp³-hybridized carbons (Fsp3) is 0.720. The Bertz CT molecular complexity index is 793. The number of fused-ring (bicyclic) bond motifs is 3. The van der Waals surface area contributed by atoms with Gasteiger partial charge in [-0.15, -0.1) is 0 Å². The van der Waals surface area contributed by atoms with E-state index in [1.54, 1.807) is 14.2 Å². The molecule has 0 amide bonds. The van der Waals surface area contributed by atoms with E-state index in [1.807, 2.05) is 0 Å². The third-order valence-electron chi connectivity index (χ3n) is 7.18. The molecule has 32 heavy (non-hydrogen) atoms. The number of esters is 1. The summed E-state index contributed by atoms with van der Waals surface area (Å²) in [6.07, 6.45) is 2.66. The van der Waals surface area contributed by atoms with Crippen LogP contribution in [0.2, 0.25) is 0 Å². The number of nitrogens with zero attached hydrogens (tertiary/aromatic N) is 1. The molecule has 7 heteroatoms. The van der Waals surface area contributed by atoms with E-state index in [0.717, 1.165) is 50.4 Å². The third-order valence-corrected chi connectivity index (χ3v) is 7.18. The molecule has 0 saturated carbocycles. The Morgan fingerprint density at radius 1 is 1.22 bits per heavy atom. The van der Waals surface area contributed by atoms with Crippen molar-refractivity contribution in [2.24, 2.45) is 17.8 Å². The minimum atomic E-state index is -0.487. The van der Waals surface area contributed by atoms with Gasteiger partial charge in [-0.2, -0.15) is 0 Å². The summed E-state index contributed by atoms with van der Waals surface area (Å²) < 4.78 is 22.5. The highest BCUT2D eigenvalue weighted by Crippen LogP contribution is 2.45. The molecule has 0 bridgehead atoms. The number of hydrogen-bond acceptors (Lipinski definition) is 7. The summed E-state index contributed by atoms with van der Waals surface area (Å²) in [6.45, 7) is 8.98. The molecule has 178 valence electrons. The van der Waals surface area contributed by atoms with Crippen molar-refractivity contribution in [2.75, 3.05) is 53.6 Å². The van der Waals surface area contributed by atoms with E-state index in [0.29, 0.717) is 43.6 Å². The summed E-state index contributed by atoms with van der Waals surface area (Å²) >= 11 is 0. The van der Waals surface area contributed by atoms with Gasteiger partial charge in [-0.25, -0.2) is 4.79 Å². The van der Waals surface area contributed by atoms with E-state index in [9.17, 15) is 4.79 Å². The standard InChI is InChI=1S/C25H38N2O5/c1-16(2)9-18-14-27-7-5-17-11-22(29-3)23(30-4)12-20(17)21(27)10-19(18)15-32-25(28)24-13-26-6-8-31-24/h11-12,16,18-19,21,24,26H,5-10,13-15H2,1-4H3/t18-,19+,21-,24?/m1/s1. The number of carbonyl (C=O) groups is 1. The maximum absolute atomic E-state index is 12.6. The van der Waals surface area contributed by atoms with Crippen LogP contribution >= 0.6 is 0 Å². The van der Waals surface area contributed by atoms with Crippen LogP contribution in [0.1, 0.15) is 43.9 Å². The predicted octanol–water partition coefficient (Wildman–Crippen LogP) is 2.82. The minimum absolute atomic E-state index is 0.238. The van der Waals surface area contributed by atoms with Crippen molar-refractivity contribution in [3.63, 3.8) is 0 Å². The first-order chi connectivity index (χ1) is 15.5. The van der Waals surface area contributed by atoms with Crippen LogP contribution in [0.4, 0.5) is 0 Å². The van der Waals surface area contributed by atoms with Crippen molar-refractivity contribution in [3.05, 3.63) is 23.3 Å². The lowest BCUT2D eigenvalue weighted by molar-refractivity contribution is -0.161. The van der Waals surface area contributed by atoms with Gasteiger partial charge in [0.05, 0.1) is 27.4 Å². The Balaban J connectivity index is 1.51. The zero-order valence-corrected chi connectivity index (χ0v) is 19.9. The minimum Gasteiger partial charge on any atom is -0.493 e. The van der Waals surface area contributed by atoms with Gasteiger partial charge in [-0.05, 0) is 60.3 Å². The van der Waals surface area contributed by atoms with Gasteiger partial charge in [0.1, 0.15) is 0 Å². The summed E-state index contributed by atoms with van der Waals surface area (Å²) in [7, 11) is 3.38. The fourth-order valence-electron chi connectivity index (χ4n) is 5.58. The monoisotopic (exact) mass is 446 g/mol. The molecule has 0 aromatic heterocycles. The molecule has 0 radical (unpaired) electrons. The smallest absolute Gasteiger partial charge is 0.336 e. The Morgan fingerprint density at radius 3 is 2.69 bits per heavy atom. The second kappa shape index (κ2) is 10.4. The zero-order valence-electron chi connectivity index (χ0n) is 19.9. The molecule has 4 rings (SSSR count). The average molecular weight is 447 g/mol. The molecule has 2 fully saturated rings. The van der Waals surface area contributed by atoms with Crippen molar-refractivity contribution < 1.29 is 23.7 Å². The first-order valence-corrected chi connectivity index (χ1v) is 12.0. The molecule has 2 saturated heterocycles. The third kappa shape index (κ3) is 5.05. The fourth-order valence-corrected chi connectivity index (χ4v) is 5.58. The van der Waals surface area contributed by atoms with Crippen LogP contribution in [0.5, 0.6) is 11.5 Å². The van der Waals surface area contributed by atoms with Crippen LogP contribution in [-0.4, -0.2) is 70.6 Å². The molecule has 0 aliphatic carbocycles. The number of hydrogen-bond donors (Lipinski definition) is 1. The van der Waals surface area contributed by atoms with Crippen LogP contribution in [-0.2, 0) is 20.7 Å². The zero-order chi connectivity index (χ0) is 22.7. The second-order valence-corrected chi connectivity index (χ2v) is 9.75. The molecule has 1 unspecified atom stereocenters. The Labute approximate surface area is 191 Å². The molecule has 4 atom stereocenters. The summed E-state index contributed by atoms with van der Waals surface area (Å²) in [4.78, 5) is 15.2. The molecule has 3 heterocycles. The lowest BCUT2D eigenvalue weighted by atomic mass is 9.74. The van der Waals surface area contributed by atoms with Crippen molar-refractivity contribution in [3.8, 4) is 11.5 Å². The van der Waals surface area contributed by atoms with Crippen molar-refractivity contribution in [1.29, 1.82) is 0 Å². The molecule has 3 aliphatic rings. The van der Waals surface area contributed by atoms with Crippen LogP contribution in [0, 0.1) is 17.8 Å². The largest absolute Gasteiger partial charge is 0.493 e. The summed E-state index contributed by atoms with van der Waals surface area (Å²) in [5.41, 5.74) is 2.66. The molecular weight excluding hydrogens is 408 g/mol. The van der Waals surface area contributed by atoms with Crippen molar-refractivity contribution in [2.45, 2.75) is 45.3 Å². The normalized spacial score (nSPS) is 28.0. The lowest BCUT2D eigenvalue weighted by Crippen LogP contribution is -2.48. The Kier molecular flexibility index (Phi) is 7.59. The van der Waals surface area contributed by atoms with Gasteiger partial charge >= 0.3 is 5.97 Å². The number of ether oxygens (including phenoxy) is 4. The molecule has 0 spiro atoms. The van der Waals surface area contributed by atoms with E-state index < -0.39 is 6.10 Å². The highest BCUT2D eigenvalue weighted by molar-refractivity contribution is 5.75. The molecule has 1 aromatic rings. The second-order valence-electron chi connectivity index (χ2n) is 9.75. The van der Waals surface area contributed by atoms with Crippen molar-refractivity contribution in [1.82, 2.24) is 10.2 Å². The highest BCUT2D eigenvalue weighted by Gasteiger charge is 2.40. The lowest BCUT2D eigenvalue weighted by Gasteiger charge is -2.47. The maximum atomic E-state index is 12.6. The van der Waals surface area contributed by atoms with E-state index in [4.69, 9.17) is 18.9 Å². The number of carbonyl (C=O) groups excluding carboxylic acids is 1. The SMILES string of the molecule is COc1cc2c(cc1OC)[C@H]1C[C@@H](COC(=O)C3CNCCO3)[C@H](CC(C)C)CN1CC2. The van der Waals surface area contributed by atoms with Gasteiger partial charge in [-0.3, -0.25) is 4.90 Å². The maximum Gasteiger partial charge on any atom is 0.336 e. The van der Waals surface area contributed by atoms with Gasteiger partial charge in [0.2, 0.25) is 0 Å². The molecule has 3 aliphatic heterocycles. The van der Waals surface area contributed by atoms with Gasteiger partial charge in [-0.1, -0.05) is 13.8 Å². The summed E-state index contributed by atoms with van der Waals surface area (Å²) in [5.74, 6) is 2.80. The van der Waals surface area contributed by atoms with Gasteiger partial charge in [0, 0.05) is 32.2 Å². The first kappa shape index (κ1) is 23.3. The molecule has 1 aromatic carbocycles. The predicted molar refractivity (Wildman–Crippen MR) is 122 cm³/mol. The van der Waals surface area contributed by atoms with Gasteiger partial charge in [0.15, 0.2) is 17.6 Å². The number of benzene rings is 1. The Morgan fingerprint density at radius 2 is 2.00 bits per heavy atom. The van der Waals surface area contributed by atoms with Gasteiger partial charge in [0.25, 0.3) is 0 Å².